The number of methoxy groups -OCH3 is 1. The first-order valence-corrected chi connectivity index (χ1v) is 12.1. The molecule has 3 aromatic carbocycles. The van der Waals surface area contributed by atoms with E-state index in [1.54, 1.807) is 28.7 Å². The molecule has 1 amide bonds. The molecule has 1 atom stereocenters. The van der Waals surface area contributed by atoms with E-state index in [9.17, 15) is 9.59 Å². The number of carbonyl (C=O) groups is 1. The number of rotatable bonds is 10. The van der Waals surface area contributed by atoms with Crippen LogP contribution in [0.3, 0.4) is 0 Å². The molecule has 4 aromatic rings. The highest BCUT2D eigenvalue weighted by Crippen LogP contribution is 2.27. The fourth-order valence-corrected chi connectivity index (χ4v) is 4.31. The number of hydrogen-bond acceptors (Lipinski definition) is 5. The van der Waals surface area contributed by atoms with Gasteiger partial charge >= 0.3 is 0 Å². The summed E-state index contributed by atoms with van der Waals surface area (Å²) in [7, 11) is 1.57. The first-order valence-electron chi connectivity index (χ1n) is 12.1. The normalized spacial score (nSPS) is 11.9. The summed E-state index contributed by atoms with van der Waals surface area (Å²) in [4.78, 5) is 33.7. The second-order valence-electron chi connectivity index (χ2n) is 8.54. The molecule has 0 radical (unpaired) electrons. The summed E-state index contributed by atoms with van der Waals surface area (Å²) in [6, 6.07) is 23.8. The minimum Gasteiger partial charge on any atom is -0.495 e. The summed E-state index contributed by atoms with van der Waals surface area (Å²) < 4.78 is 12.9. The van der Waals surface area contributed by atoms with E-state index >= 15 is 0 Å². The molecule has 1 unspecified atom stereocenters. The Bertz CT molecular complexity index is 1380. The zero-order valence-corrected chi connectivity index (χ0v) is 20.9. The van der Waals surface area contributed by atoms with Crippen LogP contribution in [0.5, 0.6) is 5.75 Å². The van der Waals surface area contributed by atoms with E-state index < -0.39 is 6.04 Å². The van der Waals surface area contributed by atoms with Crippen molar-refractivity contribution >= 4 is 16.8 Å². The number of para-hydroxylation sites is 3. The molecule has 0 N–H and O–H groups in total. The third-order valence-corrected chi connectivity index (χ3v) is 6.09. The van der Waals surface area contributed by atoms with Gasteiger partial charge in [-0.15, -0.1) is 0 Å². The lowest BCUT2D eigenvalue weighted by molar-refractivity contribution is -0.139. The first kappa shape index (κ1) is 25.1. The molecule has 186 valence electrons. The van der Waals surface area contributed by atoms with E-state index in [2.05, 4.69) is 0 Å². The highest BCUT2D eigenvalue weighted by molar-refractivity contribution is 5.79. The summed E-state index contributed by atoms with van der Waals surface area (Å²) in [6.07, 6.45) is 0.751. The molecule has 36 heavy (non-hydrogen) atoms. The molecule has 7 nitrogen and oxygen atoms in total. The van der Waals surface area contributed by atoms with Gasteiger partial charge in [0.1, 0.15) is 18.2 Å². The van der Waals surface area contributed by atoms with Crippen LogP contribution >= 0.6 is 0 Å². The van der Waals surface area contributed by atoms with Crippen LogP contribution in [0, 0.1) is 0 Å². The van der Waals surface area contributed by atoms with E-state index in [-0.39, 0.29) is 18.1 Å². The monoisotopic (exact) mass is 485 g/mol. The van der Waals surface area contributed by atoms with Crippen molar-refractivity contribution in [1.29, 1.82) is 0 Å². The molecule has 1 heterocycles. The van der Waals surface area contributed by atoms with Crippen molar-refractivity contribution in [3.63, 3.8) is 0 Å². The average Bonchev–Trinajstić information content (AvgIpc) is 2.92. The lowest BCUT2D eigenvalue weighted by Gasteiger charge is -2.30. The Kier molecular flexibility index (Phi) is 8.13. The Balaban J connectivity index is 1.73. The van der Waals surface area contributed by atoms with Gasteiger partial charge in [0, 0.05) is 6.54 Å². The Morgan fingerprint density at radius 3 is 2.44 bits per heavy atom. The van der Waals surface area contributed by atoms with Gasteiger partial charge in [0.2, 0.25) is 5.91 Å². The SMILES string of the molecule is CCCN(C(=O)COCc1ccccc1)C(C)c1nc2ccccc2c(=O)n1-c1ccccc1OC. The molecule has 0 spiro atoms. The molecule has 0 aliphatic carbocycles. The molecule has 1 aromatic heterocycles. The van der Waals surface area contributed by atoms with Gasteiger partial charge in [-0.2, -0.15) is 0 Å². The molecule has 0 saturated carbocycles. The van der Waals surface area contributed by atoms with Crippen LogP contribution in [0.1, 0.15) is 37.7 Å². The van der Waals surface area contributed by atoms with Gasteiger partial charge < -0.3 is 14.4 Å². The number of fused-ring (bicyclic) bond motifs is 1. The number of aromatic nitrogens is 2. The molecule has 0 aliphatic heterocycles. The maximum Gasteiger partial charge on any atom is 0.266 e. The van der Waals surface area contributed by atoms with Crippen molar-refractivity contribution in [2.24, 2.45) is 0 Å². The maximum atomic E-state index is 13.7. The van der Waals surface area contributed by atoms with E-state index in [0.29, 0.717) is 41.3 Å². The Morgan fingerprint density at radius 2 is 1.69 bits per heavy atom. The van der Waals surface area contributed by atoms with Crippen LogP contribution in [-0.2, 0) is 16.1 Å². The van der Waals surface area contributed by atoms with Crippen LogP contribution < -0.4 is 10.3 Å². The fourth-order valence-electron chi connectivity index (χ4n) is 4.31. The molecule has 4 rings (SSSR count). The van der Waals surface area contributed by atoms with Gasteiger partial charge in [0.15, 0.2) is 0 Å². The van der Waals surface area contributed by atoms with Gasteiger partial charge in [-0.05, 0) is 43.2 Å². The quantitative estimate of drug-likeness (QED) is 0.319. The van der Waals surface area contributed by atoms with E-state index in [4.69, 9.17) is 14.5 Å². The van der Waals surface area contributed by atoms with Crippen molar-refractivity contribution in [1.82, 2.24) is 14.5 Å². The summed E-state index contributed by atoms with van der Waals surface area (Å²) in [5.41, 5.74) is 1.95. The topological polar surface area (TPSA) is 73.7 Å². The highest BCUT2D eigenvalue weighted by Gasteiger charge is 2.27. The minimum absolute atomic E-state index is 0.0638. The largest absolute Gasteiger partial charge is 0.495 e. The molecule has 0 fully saturated rings. The van der Waals surface area contributed by atoms with E-state index in [0.717, 1.165) is 12.0 Å². The Hall–Kier alpha value is -3.97. The van der Waals surface area contributed by atoms with Gasteiger partial charge in [0.25, 0.3) is 5.56 Å². The first-order chi connectivity index (χ1) is 17.5. The van der Waals surface area contributed by atoms with Crippen molar-refractivity contribution in [3.05, 3.63) is 101 Å². The lowest BCUT2D eigenvalue weighted by atomic mass is 10.1. The number of hydrogen-bond donors (Lipinski definition) is 0. The predicted molar refractivity (Wildman–Crippen MR) is 140 cm³/mol. The summed E-state index contributed by atoms with van der Waals surface area (Å²) in [5, 5.41) is 0.499. The van der Waals surface area contributed by atoms with E-state index in [1.165, 1.54) is 0 Å². The second kappa shape index (κ2) is 11.6. The van der Waals surface area contributed by atoms with Crippen molar-refractivity contribution in [3.8, 4) is 11.4 Å². The average molecular weight is 486 g/mol. The maximum absolute atomic E-state index is 13.7. The number of benzene rings is 3. The van der Waals surface area contributed by atoms with Gasteiger partial charge in [-0.25, -0.2) is 4.98 Å². The summed E-state index contributed by atoms with van der Waals surface area (Å²) >= 11 is 0. The molecular formula is C29H31N3O4. The third-order valence-electron chi connectivity index (χ3n) is 6.09. The standard InChI is InChI=1S/C29H31N3O4/c1-4-18-31(27(33)20-36-19-22-12-6-5-7-13-22)21(2)28-30-24-15-9-8-14-23(24)29(34)32(28)25-16-10-11-17-26(25)35-3/h5-17,21H,4,18-20H2,1-3H3. The highest BCUT2D eigenvalue weighted by atomic mass is 16.5. The number of nitrogens with zero attached hydrogens (tertiary/aromatic N) is 3. The van der Waals surface area contributed by atoms with Crippen LogP contribution in [0.2, 0.25) is 0 Å². The minimum atomic E-state index is -0.486. The second-order valence-corrected chi connectivity index (χ2v) is 8.54. The lowest BCUT2D eigenvalue weighted by Crippen LogP contribution is -2.39. The molecule has 0 bridgehead atoms. The van der Waals surface area contributed by atoms with Gasteiger partial charge in [-0.3, -0.25) is 14.2 Å². The van der Waals surface area contributed by atoms with Crippen LogP contribution in [0.25, 0.3) is 16.6 Å². The van der Waals surface area contributed by atoms with E-state index in [1.807, 2.05) is 80.6 Å². The molecule has 0 aliphatic rings. The smallest absolute Gasteiger partial charge is 0.266 e. The number of ether oxygens (including phenoxy) is 2. The van der Waals surface area contributed by atoms with Crippen LogP contribution in [-0.4, -0.2) is 40.6 Å². The zero-order chi connectivity index (χ0) is 25.5. The van der Waals surface area contributed by atoms with Gasteiger partial charge in [0.05, 0.1) is 36.3 Å². The predicted octanol–water partition coefficient (Wildman–Crippen LogP) is 4.91. The molecule has 0 saturated heterocycles. The Labute approximate surface area is 210 Å². The molecular weight excluding hydrogens is 454 g/mol. The van der Waals surface area contributed by atoms with Crippen molar-refractivity contribution < 1.29 is 14.3 Å². The zero-order valence-electron chi connectivity index (χ0n) is 20.9. The van der Waals surface area contributed by atoms with Crippen LogP contribution in [0.4, 0.5) is 0 Å². The number of amides is 1. The van der Waals surface area contributed by atoms with Crippen LogP contribution in [0.15, 0.2) is 83.7 Å². The van der Waals surface area contributed by atoms with Gasteiger partial charge in [-0.1, -0.05) is 61.5 Å². The van der Waals surface area contributed by atoms with Crippen molar-refractivity contribution in [2.75, 3.05) is 20.3 Å². The summed E-state index contributed by atoms with van der Waals surface area (Å²) in [5.74, 6) is 0.854. The summed E-state index contributed by atoms with van der Waals surface area (Å²) in [6.45, 7) is 4.70. The van der Waals surface area contributed by atoms with Crippen molar-refractivity contribution in [2.45, 2.75) is 32.9 Å². The fraction of sp³-hybridized carbons (Fsp3) is 0.276. The number of carbonyl (C=O) groups excluding carboxylic acids is 1. The molecule has 7 heteroatoms. The Morgan fingerprint density at radius 1 is 1.00 bits per heavy atom. The third kappa shape index (κ3) is 5.31.